The summed E-state index contributed by atoms with van der Waals surface area (Å²) in [6.07, 6.45) is 1.46. The Labute approximate surface area is 114 Å². The predicted octanol–water partition coefficient (Wildman–Crippen LogP) is 3.13. The molecule has 0 amide bonds. The van der Waals surface area contributed by atoms with Crippen LogP contribution in [0, 0.1) is 0 Å². The molecule has 1 N–H and O–H groups in total. The lowest BCUT2D eigenvalue weighted by atomic mass is 10.4. The lowest BCUT2D eigenvalue weighted by Gasteiger charge is -2.05. The maximum absolute atomic E-state index is 11.2. The van der Waals surface area contributed by atoms with E-state index >= 15 is 0 Å². The van der Waals surface area contributed by atoms with Gasteiger partial charge in [0.2, 0.25) is 0 Å². The van der Waals surface area contributed by atoms with Gasteiger partial charge in [0.25, 0.3) is 10.1 Å². The molecule has 0 bridgehead atoms. The third-order valence-electron chi connectivity index (χ3n) is 2.02. The first kappa shape index (κ1) is 13.4. The SMILES string of the molecule is O=S(=O)(O)c1cccnc1Sc1cccc(Cl)c1. The van der Waals surface area contributed by atoms with Gasteiger partial charge in [0.15, 0.2) is 0 Å². The standard InChI is InChI=1S/C11H8ClNO3S2/c12-8-3-1-4-9(7-8)17-11-10(18(14,15)16)5-2-6-13-11/h1-7H,(H,14,15,16). The van der Waals surface area contributed by atoms with Gasteiger partial charge in [0, 0.05) is 16.1 Å². The lowest BCUT2D eigenvalue weighted by Crippen LogP contribution is -2.01. The van der Waals surface area contributed by atoms with Crippen LogP contribution in [0.25, 0.3) is 0 Å². The van der Waals surface area contributed by atoms with Crippen LogP contribution in [-0.4, -0.2) is 18.0 Å². The Kier molecular flexibility index (Phi) is 3.91. The first-order valence-electron chi connectivity index (χ1n) is 4.83. The normalized spacial score (nSPS) is 11.4. The van der Waals surface area contributed by atoms with E-state index in [9.17, 15) is 8.42 Å². The number of hydrogen-bond acceptors (Lipinski definition) is 4. The number of nitrogens with zero attached hydrogens (tertiary/aromatic N) is 1. The van der Waals surface area contributed by atoms with Crippen LogP contribution >= 0.6 is 23.4 Å². The van der Waals surface area contributed by atoms with E-state index in [4.69, 9.17) is 16.2 Å². The lowest BCUT2D eigenvalue weighted by molar-refractivity contribution is 0.480. The van der Waals surface area contributed by atoms with Gasteiger partial charge in [-0.2, -0.15) is 8.42 Å². The summed E-state index contributed by atoms with van der Waals surface area (Å²) in [7, 11) is -4.28. The molecule has 0 atom stereocenters. The van der Waals surface area contributed by atoms with Crippen molar-refractivity contribution in [2.45, 2.75) is 14.8 Å². The molecule has 0 aliphatic rings. The fourth-order valence-electron chi connectivity index (χ4n) is 1.29. The van der Waals surface area contributed by atoms with Crippen LogP contribution in [0.15, 0.2) is 57.4 Å². The Bertz CT molecular complexity index is 673. The van der Waals surface area contributed by atoms with Gasteiger partial charge in [0.1, 0.15) is 9.92 Å². The minimum atomic E-state index is -4.28. The molecule has 0 unspecified atom stereocenters. The molecule has 0 saturated heterocycles. The summed E-state index contributed by atoms with van der Waals surface area (Å²) in [6, 6.07) is 9.68. The summed E-state index contributed by atoms with van der Waals surface area (Å²) in [5.41, 5.74) is 0. The van der Waals surface area contributed by atoms with Crippen molar-refractivity contribution in [3.63, 3.8) is 0 Å². The fraction of sp³-hybridized carbons (Fsp3) is 0. The highest BCUT2D eigenvalue weighted by Gasteiger charge is 2.16. The smallest absolute Gasteiger partial charge is 0.282 e. The molecule has 1 aromatic carbocycles. The van der Waals surface area contributed by atoms with Crippen molar-refractivity contribution in [1.29, 1.82) is 0 Å². The van der Waals surface area contributed by atoms with E-state index in [1.54, 1.807) is 24.3 Å². The van der Waals surface area contributed by atoms with Crippen LogP contribution < -0.4 is 0 Å². The third-order valence-corrected chi connectivity index (χ3v) is 4.28. The highest BCUT2D eigenvalue weighted by molar-refractivity contribution is 7.99. The molecule has 0 radical (unpaired) electrons. The number of hydrogen-bond donors (Lipinski definition) is 1. The minimum absolute atomic E-state index is 0.210. The Morgan fingerprint density at radius 3 is 2.67 bits per heavy atom. The number of benzene rings is 1. The summed E-state index contributed by atoms with van der Waals surface area (Å²) < 4.78 is 31.5. The highest BCUT2D eigenvalue weighted by Crippen LogP contribution is 2.31. The van der Waals surface area contributed by atoms with Gasteiger partial charge in [-0.3, -0.25) is 4.55 Å². The first-order chi connectivity index (χ1) is 8.47. The van der Waals surface area contributed by atoms with Gasteiger partial charge in [-0.05, 0) is 30.3 Å². The first-order valence-corrected chi connectivity index (χ1v) is 7.46. The van der Waals surface area contributed by atoms with Crippen LogP contribution in [0.5, 0.6) is 0 Å². The molecule has 0 aliphatic carbocycles. The van der Waals surface area contributed by atoms with Crippen molar-refractivity contribution in [3.05, 3.63) is 47.6 Å². The maximum Gasteiger partial charge on any atom is 0.297 e. The zero-order valence-electron chi connectivity index (χ0n) is 8.95. The molecule has 0 fully saturated rings. The second kappa shape index (κ2) is 5.27. The second-order valence-corrected chi connectivity index (χ2v) is 6.23. The van der Waals surface area contributed by atoms with E-state index in [0.29, 0.717) is 5.02 Å². The highest BCUT2D eigenvalue weighted by atomic mass is 35.5. The molecule has 18 heavy (non-hydrogen) atoms. The molecule has 0 aliphatic heterocycles. The van der Waals surface area contributed by atoms with E-state index in [2.05, 4.69) is 4.98 Å². The van der Waals surface area contributed by atoms with Crippen molar-refractivity contribution in [3.8, 4) is 0 Å². The molecular weight excluding hydrogens is 294 g/mol. The van der Waals surface area contributed by atoms with E-state index in [-0.39, 0.29) is 9.92 Å². The van der Waals surface area contributed by atoms with Gasteiger partial charge in [-0.15, -0.1) is 0 Å². The Morgan fingerprint density at radius 2 is 2.00 bits per heavy atom. The monoisotopic (exact) mass is 301 g/mol. The van der Waals surface area contributed by atoms with E-state index in [0.717, 1.165) is 16.7 Å². The van der Waals surface area contributed by atoms with Crippen molar-refractivity contribution < 1.29 is 13.0 Å². The molecule has 0 spiro atoms. The molecule has 4 nitrogen and oxygen atoms in total. The molecule has 2 aromatic rings. The topological polar surface area (TPSA) is 67.3 Å². The van der Waals surface area contributed by atoms with Crippen molar-refractivity contribution in [1.82, 2.24) is 4.98 Å². The Balaban J connectivity index is 2.41. The summed E-state index contributed by atoms with van der Waals surface area (Å²) in [4.78, 5) is 4.48. The van der Waals surface area contributed by atoms with Gasteiger partial charge >= 0.3 is 0 Å². The molecule has 1 heterocycles. The summed E-state index contributed by atoms with van der Waals surface area (Å²) >= 11 is 6.96. The van der Waals surface area contributed by atoms with E-state index in [1.165, 1.54) is 18.3 Å². The van der Waals surface area contributed by atoms with Crippen molar-refractivity contribution in [2.24, 2.45) is 0 Å². The molecule has 94 valence electrons. The molecule has 0 saturated carbocycles. The molecule has 1 aromatic heterocycles. The number of pyridine rings is 1. The largest absolute Gasteiger partial charge is 0.297 e. The second-order valence-electron chi connectivity index (χ2n) is 3.34. The van der Waals surface area contributed by atoms with Gasteiger partial charge in [-0.1, -0.05) is 29.4 Å². The Hall–Kier alpha value is -1.08. The molecule has 7 heteroatoms. The van der Waals surface area contributed by atoms with E-state index < -0.39 is 10.1 Å². The average molecular weight is 302 g/mol. The van der Waals surface area contributed by atoms with E-state index in [1.807, 2.05) is 0 Å². The molecule has 2 rings (SSSR count). The maximum atomic E-state index is 11.2. The van der Waals surface area contributed by atoms with Crippen LogP contribution in [0.1, 0.15) is 0 Å². The zero-order chi connectivity index (χ0) is 13.2. The zero-order valence-corrected chi connectivity index (χ0v) is 11.3. The fourth-order valence-corrected chi connectivity index (χ4v) is 3.35. The minimum Gasteiger partial charge on any atom is -0.282 e. The number of rotatable bonds is 3. The van der Waals surface area contributed by atoms with Gasteiger partial charge in [0.05, 0.1) is 0 Å². The average Bonchev–Trinajstić information content (AvgIpc) is 2.28. The summed E-state index contributed by atoms with van der Waals surface area (Å²) in [5, 5.41) is 0.756. The summed E-state index contributed by atoms with van der Waals surface area (Å²) in [6.45, 7) is 0. The van der Waals surface area contributed by atoms with Crippen molar-refractivity contribution in [2.75, 3.05) is 0 Å². The third kappa shape index (κ3) is 3.23. The quantitative estimate of drug-likeness (QED) is 0.882. The molecular formula is C11H8ClNO3S2. The number of halogens is 1. The summed E-state index contributed by atoms with van der Waals surface area (Å²) in [5.74, 6) is 0. The van der Waals surface area contributed by atoms with Crippen LogP contribution in [0.4, 0.5) is 0 Å². The van der Waals surface area contributed by atoms with Crippen molar-refractivity contribution >= 4 is 33.5 Å². The number of aromatic nitrogens is 1. The van der Waals surface area contributed by atoms with Gasteiger partial charge in [-0.25, -0.2) is 4.98 Å². The van der Waals surface area contributed by atoms with Crippen LogP contribution in [0.3, 0.4) is 0 Å². The van der Waals surface area contributed by atoms with Crippen LogP contribution in [0.2, 0.25) is 5.02 Å². The van der Waals surface area contributed by atoms with Gasteiger partial charge < -0.3 is 0 Å². The Morgan fingerprint density at radius 1 is 1.22 bits per heavy atom. The van der Waals surface area contributed by atoms with Crippen LogP contribution in [-0.2, 0) is 10.1 Å². The predicted molar refractivity (Wildman–Crippen MR) is 69.6 cm³/mol.